The van der Waals surface area contributed by atoms with Crippen molar-refractivity contribution in [2.75, 3.05) is 0 Å². The summed E-state index contributed by atoms with van der Waals surface area (Å²) in [6, 6.07) is 0. The molecule has 0 aliphatic carbocycles. The summed E-state index contributed by atoms with van der Waals surface area (Å²) >= 11 is 0. The summed E-state index contributed by atoms with van der Waals surface area (Å²) in [6.07, 6.45) is 7.22. The van der Waals surface area contributed by atoms with Crippen LogP contribution in [-0.4, -0.2) is 14.8 Å². The van der Waals surface area contributed by atoms with Crippen LogP contribution in [0.15, 0.2) is 0 Å². The first-order valence-corrected chi connectivity index (χ1v) is 6.95. The van der Waals surface area contributed by atoms with E-state index in [-0.39, 0.29) is 11.8 Å². The number of rotatable bonds is 7. The smallest absolute Gasteiger partial charge is 0.199 e. The molecule has 0 bridgehead atoms. The Morgan fingerprint density at radius 3 is 2.11 bits per heavy atom. The fourth-order valence-electron chi connectivity index (χ4n) is 2.52. The molecule has 0 spiro atoms. The number of hydrogen-bond acceptors (Lipinski definition) is 3. The SMILES string of the molecule is CCCCCCCCn1c(O)c2c(c1O)COC2. The van der Waals surface area contributed by atoms with Crippen LogP contribution in [0, 0.1) is 0 Å². The van der Waals surface area contributed by atoms with Crippen molar-refractivity contribution in [1.82, 2.24) is 4.57 Å². The summed E-state index contributed by atoms with van der Waals surface area (Å²) in [5, 5.41) is 20.0. The van der Waals surface area contributed by atoms with Gasteiger partial charge in [0.25, 0.3) is 0 Å². The van der Waals surface area contributed by atoms with Gasteiger partial charge < -0.3 is 14.9 Å². The fraction of sp³-hybridized carbons (Fsp3) is 0.714. The Morgan fingerprint density at radius 1 is 0.944 bits per heavy atom. The maximum atomic E-state index is 9.99. The molecule has 0 unspecified atom stereocenters. The van der Waals surface area contributed by atoms with Crippen molar-refractivity contribution >= 4 is 0 Å². The summed E-state index contributed by atoms with van der Waals surface area (Å²) in [5.41, 5.74) is 1.52. The molecule has 102 valence electrons. The van der Waals surface area contributed by atoms with Gasteiger partial charge in [-0.15, -0.1) is 0 Å². The zero-order valence-corrected chi connectivity index (χ0v) is 11.1. The van der Waals surface area contributed by atoms with E-state index in [1.165, 1.54) is 25.7 Å². The molecule has 0 atom stereocenters. The second kappa shape index (κ2) is 6.14. The van der Waals surface area contributed by atoms with E-state index in [1.54, 1.807) is 4.57 Å². The lowest BCUT2D eigenvalue weighted by Gasteiger charge is -2.08. The monoisotopic (exact) mass is 253 g/mol. The first-order chi connectivity index (χ1) is 8.75. The number of ether oxygens (including phenoxy) is 1. The van der Waals surface area contributed by atoms with Gasteiger partial charge in [-0.3, -0.25) is 4.57 Å². The average Bonchev–Trinajstić information content (AvgIpc) is 2.92. The molecule has 1 aromatic rings. The molecule has 2 rings (SSSR count). The molecule has 0 radical (unpaired) electrons. The Kier molecular flexibility index (Phi) is 4.53. The Bertz CT molecular complexity index is 371. The van der Waals surface area contributed by atoms with Crippen LogP contribution >= 0.6 is 0 Å². The van der Waals surface area contributed by atoms with Crippen molar-refractivity contribution in [2.24, 2.45) is 0 Å². The topological polar surface area (TPSA) is 54.6 Å². The van der Waals surface area contributed by atoms with Crippen molar-refractivity contribution in [3.63, 3.8) is 0 Å². The van der Waals surface area contributed by atoms with Crippen LogP contribution in [0.1, 0.15) is 56.6 Å². The van der Waals surface area contributed by atoms with Crippen LogP contribution in [0.4, 0.5) is 0 Å². The molecule has 0 saturated heterocycles. The molecule has 18 heavy (non-hydrogen) atoms. The van der Waals surface area contributed by atoms with E-state index in [1.807, 2.05) is 0 Å². The van der Waals surface area contributed by atoms with E-state index >= 15 is 0 Å². The third kappa shape index (κ3) is 2.64. The van der Waals surface area contributed by atoms with Crippen LogP contribution in [0.25, 0.3) is 0 Å². The summed E-state index contributed by atoms with van der Waals surface area (Å²) < 4.78 is 6.83. The van der Waals surface area contributed by atoms with Gasteiger partial charge in [0.15, 0.2) is 11.8 Å². The van der Waals surface area contributed by atoms with Crippen molar-refractivity contribution in [2.45, 2.75) is 65.2 Å². The van der Waals surface area contributed by atoms with Gasteiger partial charge in [-0.05, 0) is 6.42 Å². The highest BCUT2D eigenvalue weighted by molar-refractivity contribution is 5.46. The molecule has 0 fully saturated rings. The first kappa shape index (κ1) is 13.3. The van der Waals surface area contributed by atoms with Gasteiger partial charge in [0.05, 0.1) is 13.2 Å². The van der Waals surface area contributed by atoms with E-state index in [9.17, 15) is 10.2 Å². The highest BCUT2D eigenvalue weighted by Gasteiger charge is 2.26. The van der Waals surface area contributed by atoms with Gasteiger partial charge in [-0.1, -0.05) is 39.0 Å². The van der Waals surface area contributed by atoms with Crippen LogP contribution < -0.4 is 0 Å². The highest BCUT2D eigenvalue weighted by Crippen LogP contribution is 2.38. The number of hydrogen-bond donors (Lipinski definition) is 2. The average molecular weight is 253 g/mol. The maximum Gasteiger partial charge on any atom is 0.199 e. The van der Waals surface area contributed by atoms with Gasteiger partial charge in [0.2, 0.25) is 0 Å². The largest absolute Gasteiger partial charge is 0.494 e. The van der Waals surface area contributed by atoms with E-state index in [0.29, 0.717) is 19.8 Å². The molecule has 0 aromatic carbocycles. The lowest BCUT2D eigenvalue weighted by Crippen LogP contribution is -1.98. The fourth-order valence-corrected chi connectivity index (χ4v) is 2.52. The van der Waals surface area contributed by atoms with Gasteiger partial charge >= 0.3 is 0 Å². The number of unbranched alkanes of at least 4 members (excludes halogenated alkanes) is 5. The molecule has 1 aliphatic heterocycles. The Balaban J connectivity index is 1.83. The highest BCUT2D eigenvalue weighted by atomic mass is 16.5. The molecule has 2 N–H and O–H groups in total. The number of nitrogens with zero attached hydrogens (tertiary/aromatic N) is 1. The van der Waals surface area contributed by atoms with Crippen molar-refractivity contribution in [3.8, 4) is 11.8 Å². The van der Waals surface area contributed by atoms with Crippen molar-refractivity contribution in [3.05, 3.63) is 11.1 Å². The van der Waals surface area contributed by atoms with Gasteiger partial charge in [-0.2, -0.15) is 0 Å². The Hall–Kier alpha value is -1.16. The van der Waals surface area contributed by atoms with E-state index in [0.717, 1.165) is 24.0 Å². The molecule has 0 saturated carbocycles. The number of aromatic hydroxyl groups is 2. The molecular formula is C14H23NO3. The van der Waals surface area contributed by atoms with E-state index in [2.05, 4.69) is 6.92 Å². The predicted molar refractivity (Wildman–Crippen MR) is 69.6 cm³/mol. The summed E-state index contributed by atoms with van der Waals surface area (Å²) in [5.74, 6) is 0.377. The number of aromatic nitrogens is 1. The van der Waals surface area contributed by atoms with Crippen molar-refractivity contribution < 1.29 is 14.9 Å². The zero-order valence-electron chi connectivity index (χ0n) is 11.1. The minimum Gasteiger partial charge on any atom is -0.494 e. The number of fused-ring (bicyclic) bond motifs is 1. The van der Waals surface area contributed by atoms with Crippen LogP contribution in [0.2, 0.25) is 0 Å². The van der Waals surface area contributed by atoms with E-state index in [4.69, 9.17) is 4.74 Å². The molecule has 4 heteroatoms. The zero-order chi connectivity index (χ0) is 13.0. The van der Waals surface area contributed by atoms with Gasteiger partial charge in [0, 0.05) is 17.7 Å². The van der Waals surface area contributed by atoms with E-state index < -0.39 is 0 Å². The Morgan fingerprint density at radius 2 is 1.50 bits per heavy atom. The molecular weight excluding hydrogens is 230 g/mol. The maximum absolute atomic E-state index is 9.99. The minimum atomic E-state index is 0.188. The predicted octanol–water partition coefficient (Wildman–Crippen LogP) is 3.29. The summed E-state index contributed by atoms with van der Waals surface area (Å²) in [4.78, 5) is 0. The summed E-state index contributed by atoms with van der Waals surface area (Å²) in [6.45, 7) is 3.73. The molecule has 1 aromatic heterocycles. The van der Waals surface area contributed by atoms with Gasteiger partial charge in [0.1, 0.15) is 0 Å². The standard InChI is InChI=1S/C14H23NO3/c1-2-3-4-5-6-7-8-15-13(16)11-9-18-10-12(11)14(15)17/h16-17H,2-10H2,1H3. The lowest BCUT2D eigenvalue weighted by atomic mass is 10.1. The van der Waals surface area contributed by atoms with Crippen LogP contribution in [-0.2, 0) is 24.5 Å². The third-order valence-corrected chi connectivity index (χ3v) is 3.64. The second-order valence-electron chi connectivity index (χ2n) is 5.02. The van der Waals surface area contributed by atoms with Crippen LogP contribution in [0.5, 0.6) is 11.8 Å². The molecule has 4 nitrogen and oxygen atoms in total. The third-order valence-electron chi connectivity index (χ3n) is 3.64. The molecule has 2 heterocycles. The Labute approximate surface area is 108 Å². The first-order valence-electron chi connectivity index (χ1n) is 6.95. The van der Waals surface area contributed by atoms with Gasteiger partial charge in [-0.25, -0.2) is 0 Å². The normalized spacial score (nSPS) is 14.1. The molecule has 1 aliphatic rings. The second-order valence-corrected chi connectivity index (χ2v) is 5.02. The lowest BCUT2D eigenvalue weighted by molar-refractivity contribution is 0.129. The minimum absolute atomic E-state index is 0.188. The van der Waals surface area contributed by atoms with Crippen molar-refractivity contribution in [1.29, 1.82) is 0 Å². The molecule has 0 amide bonds. The van der Waals surface area contributed by atoms with Crippen LogP contribution in [0.3, 0.4) is 0 Å². The quantitative estimate of drug-likeness (QED) is 0.733. The summed E-state index contributed by atoms with van der Waals surface area (Å²) in [7, 11) is 0.